The Morgan fingerprint density at radius 1 is 1.24 bits per heavy atom. The number of nitrogens with zero attached hydrogens (tertiary/aromatic N) is 4. The molecule has 0 aliphatic carbocycles. The highest BCUT2D eigenvalue weighted by Gasteiger charge is 2.60. The van der Waals surface area contributed by atoms with E-state index >= 15 is 0 Å². The van der Waals surface area contributed by atoms with Crippen molar-refractivity contribution in [2.24, 2.45) is 5.10 Å². The number of benzene rings is 2. The van der Waals surface area contributed by atoms with Gasteiger partial charge in [-0.15, -0.1) is 11.3 Å². The van der Waals surface area contributed by atoms with Gasteiger partial charge in [0.25, 0.3) is 11.2 Å². The van der Waals surface area contributed by atoms with Crippen LogP contribution in [0.25, 0.3) is 0 Å². The number of nitriles is 1. The van der Waals surface area contributed by atoms with Gasteiger partial charge in [-0.1, -0.05) is 35.9 Å². The van der Waals surface area contributed by atoms with Crippen molar-refractivity contribution in [1.82, 2.24) is 0 Å². The molecule has 8 nitrogen and oxygen atoms in total. The van der Waals surface area contributed by atoms with Crippen LogP contribution in [0.5, 0.6) is 0 Å². The third-order valence-electron chi connectivity index (χ3n) is 5.48. The molecule has 0 spiro atoms. The predicted molar refractivity (Wildman–Crippen MR) is 125 cm³/mol. The lowest BCUT2D eigenvalue weighted by atomic mass is 9.77. The Labute approximate surface area is 194 Å². The molecular weight excluding hydrogens is 440 g/mol. The molecule has 0 unspecified atom stereocenters. The first-order valence-corrected chi connectivity index (χ1v) is 11.1. The SMILES string of the molecule is CCOC(=O)[C@]1(C#N)[C@H](c2ccc(C)cc2)C(c2cccs2)=NN1c1ccc([N+](=O)[O-])cc1. The fourth-order valence-electron chi connectivity index (χ4n) is 3.92. The van der Waals surface area contributed by atoms with Crippen LogP contribution in [0.2, 0.25) is 0 Å². The molecule has 1 aromatic heterocycles. The minimum Gasteiger partial charge on any atom is -0.463 e. The van der Waals surface area contributed by atoms with Crippen molar-refractivity contribution < 1.29 is 14.5 Å². The standard InChI is InChI=1S/C24H20N4O4S/c1-3-32-23(29)24(15-25)21(17-8-6-16(2)7-9-17)22(20-5-4-14-33-20)26-27(24)18-10-12-19(13-11-18)28(30)31/h4-14,21H,3H2,1-2H3/t21-,24+/m1/s1. The molecule has 1 aliphatic rings. The molecule has 2 atom stereocenters. The Bertz CT molecular complexity index is 1250. The monoisotopic (exact) mass is 460 g/mol. The molecule has 4 rings (SSSR count). The van der Waals surface area contributed by atoms with Crippen molar-refractivity contribution in [3.63, 3.8) is 0 Å². The van der Waals surface area contributed by atoms with E-state index in [1.165, 1.54) is 40.6 Å². The van der Waals surface area contributed by atoms with E-state index in [1.807, 2.05) is 48.7 Å². The van der Waals surface area contributed by atoms with Gasteiger partial charge in [0, 0.05) is 12.1 Å². The highest BCUT2D eigenvalue weighted by atomic mass is 32.1. The molecule has 33 heavy (non-hydrogen) atoms. The number of esters is 1. The number of rotatable bonds is 6. The van der Waals surface area contributed by atoms with Gasteiger partial charge in [0.1, 0.15) is 6.07 Å². The van der Waals surface area contributed by atoms with Crippen LogP contribution in [-0.4, -0.2) is 28.8 Å². The maximum absolute atomic E-state index is 13.5. The van der Waals surface area contributed by atoms with E-state index < -0.39 is 22.3 Å². The summed E-state index contributed by atoms with van der Waals surface area (Å²) in [6.45, 7) is 3.72. The van der Waals surface area contributed by atoms with Gasteiger partial charge in [0.15, 0.2) is 0 Å². The topological polar surface area (TPSA) is 109 Å². The van der Waals surface area contributed by atoms with E-state index in [1.54, 1.807) is 6.92 Å². The number of nitro groups is 1. The molecule has 166 valence electrons. The number of hydrazone groups is 1. The second-order valence-corrected chi connectivity index (χ2v) is 8.44. The zero-order chi connectivity index (χ0) is 23.6. The van der Waals surface area contributed by atoms with Gasteiger partial charge in [-0.05, 0) is 43.0 Å². The third kappa shape index (κ3) is 3.75. The Morgan fingerprint density at radius 2 is 1.94 bits per heavy atom. The number of carbonyl (C=O) groups excluding carboxylic acids is 1. The van der Waals surface area contributed by atoms with Crippen molar-refractivity contribution in [2.45, 2.75) is 25.3 Å². The molecular formula is C24H20N4O4S. The molecule has 0 N–H and O–H groups in total. The smallest absolute Gasteiger partial charge is 0.350 e. The van der Waals surface area contributed by atoms with Crippen LogP contribution in [0.4, 0.5) is 11.4 Å². The zero-order valence-electron chi connectivity index (χ0n) is 18.0. The molecule has 0 saturated carbocycles. The van der Waals surface area contributed by atoms with Gasteiger partial charge in [-0.3, -0.25) is 10.1 Å². The fraction of sp³-hybridized carbons (Fsp3) is 0.208. The number of hydrogen-bond donors (Lipinski definition) is 0. The number of carbonyl (C=O) groups is 1. The number of thiophene rings is 1. The average Bonchev–Trinajstić information content (AvgIpc) is 3.46. The molecule has 0 fully saturated rings. The Balaban J connectivity index is 1.96. The quantitative estimate of drug-likeness (QED) is 0.297. The maximum atomic E-state index is 13.5. The molecule has 9 heteroatoms. The van der Waals surface area contributed by atoms with Crippen LogP contribution in [0.1, 0.15) is 28.8 Å². The van der Waals surface area contributed by atoms with E-state index in [0.29, 0.717) is 11.4 Å². The van der Waals surface area contributed by atoms with Crippen LogP contribution in [-0.2, 0) is 9.53 Å². The first kappa shape index (κ1) is 22.2. The summed E-state index contributed by atoms with van der Waals surface area (Å²) < 4.78 is 5.39. The van der Waals surface area contributed by atoms with Crippen LogP contribution >= 0.6 is 11.3 Å². The van der Waals surface area contributed by atoms with E-state index in [2.05, 4.69) is 6.07 Å². The summed E-state index contributed by atoms with van der Waals surface area (Å²) in [5.74, 6) is -1.47. The van der Waals surface area contributed by atoms with Crippen molar-refractivity contribution in [3.05, 3.63) is 92.2 Å². The Hall–Kier alpha value is -4.03. The summed E-state index contributed by atoms with van der Waals surface area (Å²) in [7, 11) is 0. The summed E-state index contributed by atoms with van der Waals surface area (Å²) in [6.07, 6.45) is 0. The lowest BCUT2D eigenvalue weighted by Crippen LogP contribution is -2.54. The van der Waals surface area contributed by atoms with Crippen molar-refractivity contribution in [1.29, 1.82) is 5.26 Å². The molecule has 2 heterocycles. The average molecular weight is 461 g/mol. The molecule has 3 aromatic rings. The summed E-state index contributed by atoms with van der Waals surface area (Å²) in [6, 6.07) is 19.2. The molecule has 1 aliphatic heterocycles. The number of ether oxygens (including phenoxy) is 1. The minimum atomic E-state index is -1.83. The van der Waals surface area contributed by atoms with Crippen molar-refractivity contribution >= 4 is 34.4 Å². The van der Waals surface area contributed by atoms with E-state index in [0.717, 1.165) is 16.0 Å². The van der Waals surface area contributed by atoms with Gasteiger partial charge in [0.05, 0.1) is 33.7 Å². The summed E-state index contributed by atoms with van der Waals surface area (Å²) in [5, 5.41) is 29.6. The van der Waals surface area contributed by atoms with E-state index in [-0.39, 0.29) is 12.3 Å². The van der Waals surface area contributed by atoms with Gasteiger partial charge in [-0.25, -0.2) is 9.80 Å². The van der Waals surface area contributed by atoms with Gasteiger partial charge < -0.3 is 4.74 Å². The van der Waals surface area contributed by atoms with Crippen LogP contribution < -0.4 is 5.01 Å². The van der Waals surface area contributed by atoms with E-state index in [4.69, 9.17) is 9.84 Å². The highest BCUT2D eigenvalue weighted by molar-refractivity contribution is 7.12. The number of aryl methyl sites for hydroxylation is 1. The summed E-state index contributed by atoms with van der Waals surface area (Å²) in [4.78, 5) is 24.9. The Kier molecular flexibility index (Phi) is 5.94. The second kappa shape index (κ2) is 8.84. The molecule has 0 saturated heterocycles. The lowest BCUT2D eigenvalue weighted by molar-refractivity contribution is -0.384. The number of anilines is 1. The number of nitro benzene ring substituents is 1. The summed E-state index contributed by atoms with van der Waals surface area (Å²) >= 11 is 1.45. The highest BCUT2D eigenvalue weighted by Crippen LogP contribution is 2.46. The number of hydrogen-bond acceptors (Lipinski definition) is 8. The van der Waals surface area contributed by atoms with Gasteiger partial charge in [-0.2, -0.15) is 10.4 Å². The van der Waals surface area contributed by atoms with Crippen LogP contribution in [0.3, 0.4) is 0 Å². The largest absolute Gasteiger partial charge is 0.463 e. The number of non-ortho nitro benzene ring substituents is 1. The first-order chi connectivity index (χ1) is 15.9. The first-order valence-electron chi connectivity index (χ1n) is 10.2. The molecule has 0 radical (unpaired) electrons. The van der Waals surface area contributed by atoms with Crippen LogP contribution in [0, 0.1) is 28.4 Å². The predicted octanol–water partition coefficient (Wildman–Crippen LogP) is 4.80. The van der Waals surface area contributed by atoms with Crippen LogP contribution in [0.15, 0.2) is 71.1 Å². The molecule has 2 aromatic carbocycles. The third-order valence-corrected chi connectivity index (χ3v) is 6.37. The molecule has 0 amide bonds. The lowest BCUT2D eigenvalue weighted by Gasteiger charge is -2.34. The fourth-order valence-corrected chi connectivity index (χ4v) is 4.66. The van der Waals surface area contributed by atoms with Crippen molar-refractivity contribution in [2.75, 3.05) is 11.6 Å². The zero-order valence-corrected chi connectivity index (χ0v) is 18.8. The normalized spacial score (nSPS) is 19.6. The molecule has 0 bridgehead atoms. The second-order valence-electron chi connectivity index (χ2n) is 7.49. The van der Waals surface area contributed by atoms with Gasteiger partial charge >= 0.3 is 5.97 Å². The van der Waals surface area contributed by atoms with Gasteiger partial charge in [0.2, 0.25) is 0 Å². The van der Waals surface area contributed by atoms with E-state index in [9.17, 15) is 20.2 Å². The maximum Gasteiger partial charge on any atom is 0.350 e. The Morgan fingerprint density at radius 3 is 2.48 bits per heavy atom. The van der Waals surface area contributed by atoms with Crippen molar-refractivity contribution in [3.8, 4) is 6.07 Å². The summed E-state index contributed by atoms with van der Waals surface area (Å²) in [5.41, 5.74) is 0.777. The minimum absolute atomic E-state index is 0.0886.